The normalized spacial score (nSPS) is 20.8. The summed E-state index contributed by atoms with van der Waals surface area (Å²) in [4.78, 5) is 47.7. The molecule has 11 nitrogen and oxygen atoms in total. The molecular weight excluding hydrogens is 594 g/mol. The third-order valence-corrected chi connectivity index (χ3v) is 7.86. The maximum Gasteiger partial charge on any atom is 0.303 e. The van der Waals surface area contributed by atoms with Crippen LogP contribution in [0, 0.1) is 0 Å². The van der Waals surface area contributed by atoms with Crippen LogP contribution in [0.4, 0.5) is 5.69 Å². The number of rotatable bonds is 21. The highest BCUT2D eigenvalue weighted by molar-refractivity contribution is 5.68. The number of nitrogen functional groups attached to an aromatic ring is 1. The van der Waals surface area contributed by atoms with E-state index in [4.69, 9.17) is 34.2 Å². The smallest absolute Gasteiger partial charge is 0.303 e. The molecule has 0 saturated carbocycles. The minimum Gasteiger partial charge on any atom is -0.463 e. The Hall–Kier alpha value is -3.34. The van der Waals surface area contributed by atoms with E-state index in [2.05, 4.69) is 6.92 Å². The molecule has 1 fully saturated rings. The van der Waals surface area contributed by atoms with Crippen LogP contribution in [0.2, 0.25) is 0 Å². The number of carbonyl (C=O) groups is 4. The lowest BCUT2D eigenvalue weighted by Gasteiger charge is -2.43. The van der Waals surface area contributed by atoms with Crippen molar-refractivity contribution in [2.24, 2.45) is 0 Å². The van der Waals surface area contributed by atoms with E-state index in [1.165, 1.54) is 98.3 Å². The first-order chi connectivity index (χ1) is 22.0. The molecule has 0 amide bonds. The van der Waals surface area contributed by atoms with E-state index in [0.29, 0.717) is 11.4 Å². The summed E-state index contributed by atoms with van der Waals surface area (Å²) in [6.07, 6.45) is 11.0. The third kappa shape index (κ3) is 14.8. The maximum atomic E-state index is 12.1. The van der Waals surface area contributed by atoms with Crippen molar-refractivity contribution in [1.29, 1.82) is 0 Å². The quantitative estimate of drug-likeness (QED) is 0.0685. The monoisotopic (exact) mass is 649 g/mol. The standard InChI is InChI=1S/C35H55NO10/c1-6-7-8-9-10-11-12-13-14-15-16-17-18-19-28-22-29(20-21-30(28)36)45-35-34(44-27(5)40)33(43-26(4)39)32(42-25(3)38)31(46-35)23-41-24(2)37/h20-22,31-35H,6-19,23,36H2,1-5H3/t31-,32+,33+,34-,35-/m0/s1. The van der Waals surface area contributed by atoms with Crippen LogP contribution in [0.25, 0.3) is 0 Å². The Morgan fingerprint density at radius 3 is 1.70 bits per heavy atom. The predicted octanol–water partition coefficient (Wildman–Crippen LogP) is 6.36. The molecule has 11 heteroatoms. The third-order valence-electron chi connectivity index (χ3n) is 7.86. The van der Waals surface area contributed by atoms with Crippen molar-refractivity contribution in [2.75, 3.05) is 12.3 Å². The molecule has 1 heterocycles. The van der Waals surface area contributed by atoms with Crippen LogP contribution in [0.5, 0.6) is 5.75 Å². The van der Waals surface area contributed by atoms with E-state index in [0.717, 1.165) is 24.8 Å². The van der Waals surface area contributed by atoms with Crippen LogP contribution in [-0.4, -0.2) is 61.2 Å². The Balaban J connectivity index is 2.03. The highest BCUT2D eigenvalue weighted by Gasteiger charge is 2.53. The number of ether oxygens (including phenoxy) is 6. The van der Waals surface area contributed by atoms with Crippen LogP contribution in [0.3, 0.4) is 0 Å². The maximum absolute atomic E-state index is 12.1. The van der Waals surface area contributed by atoms with Gasteiger partial charge in [0.1, 0.15) is 18.5 Å². The number of esters is 4. The molecular formula is C35H55NO10. The number of aryl methyl sites for hydroxylation is 1. The number of unbranched alkanes of at least 4 members (excludes halogenated alkanes) is 12. The molecule has 2 rings (SSSR count). The second kappa shape index (κ2) is 21.5. The summed E-state index contributed by atoms with van der Waals surface area (Å²) < 4.78 is 33.7. The SMILES string of the molecule is CCCCCCCCCCCCCCCc1cc(O[C@H]2O[C@@H](COC(C)=O)[C@@H](OC(C)=O)[C@@H](OC(C)=O)[C@@H]2OC(C)=O)ccc1N. The zero-order chi connectivity index (χ0) is 33.9. The summed E-state index contributed by atoms with van der Waals surface area (Å²) in [5.74, 6) is -2.31. The number of hydrogen-bond donors (Lipinski definition) is 1. The van der Waals surface area contributed by atoms with Gasteiger partial charge in [-0.15, -0.1) is 0 Å². The van der Waals surface area contributed by atoms with E-state index < -0.39 is 54.6 Å². The molecule has 2 N–H and O–H groups in total. The molecule has 1 aromatic carbocycles. The van der Waals surface area contributed by atoms with Gasteiger partial charge in [0.15, 0.2) is 12.2 Å². The average Bonchev–Trinajstić information content (AvgIpc) is 2.98. The lowest BCUT2D eigenvalue weighted by Crippen LogP contribution is -2.63. The van der Waals surface area contributed by atoms with Gasteiger partial charge in [0, 0.05) is 33.4 Å². The number of hydrogen-bond acceptors (Lipinski definition) is 11. The van der Waals surface area contributed by atoms with E-state index in [9.17, 15) is 19.2 Å². The van der Waals surface area contributed by atoms with Gasteiger partial charge < -0.3 is 34.2 Å². The summed E-state index contributed by atoms with van der Waals surface area (Å²) in [6.45, 7) is 6.66. The molecule has 260 valence electrons. The van der Waals surface area contributed by atoms with Crippen molar-refractivity contribution in [3.63, 3.8) is 0 Å². The lowest BCUT2D eigenvalue weighted by molar-refractivity contribution is -0.288. The molecule has 1 aliphatic rings. The molecule has 0 aliphatic carbocycles. The number of carbonyl (C=O) groups excluding carboxylic acids is 4. The Morgan fingerprint density at radius 2 is 1.17 bits per heavy atom. The van der Waals surface area contributed by atoms with Gasteiger partial charge in [-0.05, 0) is 36.6 Å². The fraction of sp³-hybridized carbons (Fsp3) is 0.714. The van der Waals surface area contributed by atoms with E-state index >= 15 is 0 Å². The molecule has 1 aromatic rings. The molecule has 0 aromatic heterocycles. The Labute approximate surface area is 274 Å². The second-order valence-corrected chi connectivity index (χ2v) is 12.0. The summed E-state index contributed by atoms with van der Waals surface area (Å²) in [5.41, 5.74) is 7.82. The van der Waals surface area contributed by atoms with Crippen molar-refractivity contribution < 1.29 is 47.6 Å². The highest BCUT2D eigenvalue weighted by Crippen LogP contribution is 2.32. The van der Waals surface area contributed by atoms with Crippen molar-refractivity contribution in [1.82, 2.24) is 0 Å². The van der Waals surface area contributed by atoms with Gasteiger partial charge in [-0.2, -0.15) is 0 Å². The second-order valence-electron chi connectivity index (χ2n) is 12.0. The molecule has 46 heavy (non-hydrogen) atoms. The molecule has 0 radical (unpaired) electrons. The Bertz CT molecular complexity index is 1090. The molecule has 0 bridgehead atoms. The first kappa shape index (κ1) is 38.8. The van der Waals surface area contributed by atoms with Gasteiger partial charge in [-0.25, -0.2) is 0 Å². The van der Waals surface area contributed by atoms with Gasteiger partial charge in [0.25, 0.3) is 0 Å². The van der Waals surface area contributed by atoms with Gasteiger partial charge >= 0.3 is 23.9 Å². The Kier molecular flexibility index (Phi) is 18.1. The lowest BCUT2D eigenvalue weighted by atomic mass is 9.98. The molecule has 0 spiro atoms. The van der Waals surface area contributed by atoms with Crippen molar-refractivity contribution in [3.05, 3.63) is 23.8 Å². The topological polar surface area (TPSA) is 150 Å². The minimum absolute atomic E-state index is 0.330. The van der Waals surface area contributed by atoms with Crippen molar-refractivity contribution in [2.45, 2.75) is 155 Å². The van der Waals surface area contributed by atoms with Gasteiger partial charge in [-0.3, -0.25) is 19.2 Å². The summed E-state index contributed by atoms with van der Waals surface area (Å²) in [5, 5.41) is 0. The highest BCUT2D eigenvalue weighted by atomic mass is 16.7. The van der Waals surface area contributed by atoms with Crippen LogP contribution in [-0.2, 0) is 49.3 Å². The fourth-order valence-corrected chi connectivity index (χ4v) is 5.62. The predicted molar refractivity (Wildman–Crippen MR) is 173 cm³/mol. The zero-order valence-electron chi connectivity index (χ0n) is 28.4. The summed E-state index contributed by atoms with van der Waals surface area (Å²) in [7, 11) is 0. The first-order valence-corrected chi connectivity index (χ1v) is 16.9. The van der Waals surface area contributed by atoms with Crippen LogP contribution in [0.15, 0.2) is 18.2 Å². The summed E-state index contributed by atoms with van der Waals surface area (Å²) in [6, 6.07) is 5.21. The largest absolute Gasteiger partial charge is 0.463 e. The fourth-order valence-electron chi connectivity index (χ4n) is 5.62. The van der Waals surface area contributed by atoms with Gasteiger partial charge in [0.2, 0.25) is 12.4 Å². The van der Waals surface area contributed by atoms with Gasteiger partial charge in [-0.1, -0.05) is 84.0 Å². The first-order valence-electron chi connectivity index (χ1n) is 16.9. The number of benzene rings is 1. The van der Waals surface area contributed by atoms with Crippen LogP contribution < -0.4 is 10.5 Å². The van der Waals surface area contributed by atoms with Crippen molar-refractivity contribution >= 4 is 29.6 Å². The van der Waals surface area contributed by atoms with E-state index in [1.807, 2.05) is 6.07 Å². The molecule has 1 saturated heterocycles. The number of nitrogens with two attached hydrogens (primary N) is 1. The Morgan fingerprint density at radius 1 is 0.674 bits per heavy atom. The minimum atomic E-state index is -1.30. The molecule has 5 atom stereocenters. The number of anilines is 1. The molecule has 1 aliphatic heterocycles. The average molecular weight is 650 g/mol. The van der Waals surface area contributed by atoms with Crippen LogP contribution in [0.1, 0.15) is 124 Å². The molecule has 0 unspecified atom stereocenters. The summed E-state index contributed by atoms with van der Waals surface area (Å²) >= 11 is 0. The van der Waals surface area contributed by atoms with Crippen LogP contribution >= 0.6 is 0 Å². The van der Waals surface area contributed by atoms with Gasteiger partial charge in [0.05, 0.1) is 0 Å². The zero-order valence-corrected chi connectivity index (χ0v) is 28.4. The van der Waals surface area contributed by atoms with E-state index in [-0.39, 0.29) is 6.61 Å². The van der Waals surface area contributed by atoms with Crippen molar-refractivity contribution in [3.8, 4) is 5.75 Å². The van der Waals surface area contributed by atoms with E-state index in [1.54, 1.807) is 12.1 Å².